The lowest BCUT2D eigenvalue weighted by molar-refractivity contribution is 0.308. The van der Waals surface area contributed by atoms with Crippen molar-refractivity contribution in [3.63, 3.8) is 0 Å². The minimum absolute atomic E-state index is 0.527. The highest BCUT2D eigenvalue weighted by Crippen LogP contribution is 2.20. The quantitative estimate of drug-likeness (QED) is 0.771. The summed E-state index contributed by atoms with van der Waals surface area (Å²) in [6.07, 6.45) is 1.02. The molecule has 0 radical (unpaired) electrons. The number of nitrogens with one attached hydrogen (secondary N) is 1. The van der Waals surface area contributed by atoms with Crippen LogP contribution in [0.1, 0.15) is 18.2 Å². The highest BCUT2D eigenvalue weighted by atomic mass is 15.3. The standard InChI is InChI=1S/C13H21N5/c1-10-8-18(6-4-14-10)13-7-11-9-17(2)5-3-12(11)15-16-13/h7,10,14H,3-6,8-9H2,1-2H3. The normalized spacial score (nSPS) is 25.0. The van der Waals surface area contributed by atoms with Crippen LogP contribution < -0.4 is 10.2 Å². The monoisotopic (exact) mass is 247 g/mol. The lowest BCUT2D eigenvalue weighted by Crippen LogP contribution is -2.49. The molecule has 0 bridgehead atoms. The molecule has 0 aromatic carbocycles. The van der Waals surface area contributed by atoms with Crippen molar-refractivity contribution >= 4 is 5.82 Å². The van der Waals surface area contributed by atoms with Gasteiger partial charge < -0.3 is 15.1 Å². The lowest BCUT2D eigenvalue weighted by Gasteiger charge is -2.33. The molecule has 5 nitrogen and oxygen atoms in total. The molecule has 1 fully saturated rings. The molecular formula is C13H21N5. The SMILES string of the molecule is CC1CN(c2cc3c(nn2)CCN(C)C3)CCN1. The largest absolute Gasteiger partial charge is 0.352 e. The van der Waals surface area contributed by atoms with Crippen molar-refractivity contribution in [1.82, 2.24) is 20.4 Å². The molecule has 0 aliphatic carbocycles. The summed E-state index contributed by atoms with van der Waals surface area (Å²) >= 11 is 0. The molecule has 1 aromatic heterocycles. The van der Waals surface area contributed by atoms with Gasteiger partial charge in [0.15, 0.2) is 5.82 Å². The Morgan fingerprint density at radius 3 is 3.06 bits per heavy atom. The molecule has 1 aromatic rings. The summed E-state index contributed by atoms with van der Waals surface area (Å²) in [6.45, 7) is 7.37. The number of aromatic nitrogens is 2. The van der Waals surface area contributed by atoms with Crippen LogP contribution in [0.3, 0.4) is 0 Å². The van der Waals surface area contributed by atoms with Crippen LogP contribution in [0.5, 0.6) is 0 Å². The van der Waals surface area contributed by atoms with E-state index in [0.717, 1.165) is 45.0 Å². The van der Waals surface area contributed by atoms with Crippen molar-refractivity contribution in [2.45, 2.75) is 25.9 Å². The molecule has 3 heterocycles. The molecule has 5 heteroatoms. The van der Waals surface area contributed by atoms with E-state index in [4.69, 9.17) is 0 Å². The van der Waals surface area contributed by atoms with E-state index in [1.54, 1.807) is 0 Å². The van der Waals surface area contributed by atoms with Crippen LogP contribution in [0, 0.1) is 0 Å². The van der Waals surface area contributed by atoms with Gasteiger partial charge >= 0.3 is 0 Å². The summed E-state index contributed by atoms with van der Waals surface area (Å²) in [4.78, 5) is 4.68. The second-order valence-electron chi connectivity index (χ2n) is 5.46. The lowest BCUT2D eigenvalue weighted by atomic mass is 10.1. The topological polar surface area (TPSA) is 44.3 Å². The van der Waals surface area contributed by atoms with Gasteiger partial charge in [0.05, 0.1) is 5.69 Å². The third-order valence-corrected chi connectivity index (χ3v) is 3.81. The zero-order valence-corrected chi connectivity index (χ0v) is 11.2. The second kappa shape index (κ2) is 4.82. The van der Waals surface area contributed by atoms with Gasteiger partial charge in [0.1, 0.15) is 0 Å². The summed E-state index contributed by atoms with van der Waals surface area (Å²) < 4.78 is 0. The van der Waals surface area contributed by atoms with Crippen molar-refractivity contribution in [3.05, 3.63) is 17.3 Å². The highest BCUT2D eigenvalue weighted by molar-refractivity contribution is 5.42. The van der Waals surface area contributed by atoms with Gasteiger partial charge in [0, 0.05) is 45.2 Å². The molecule has 0 amide bonds. The number of hydrogen-bond donors (Lipinski definition) is 1. The summed E-state index contributed by atoms with van der Waals surface area (Å²) in [7, 11) is 2.16. The fourth-order valence-electron chi connectivity index (χ4n) is 2.75. The molecule has 2 aliphatic heterocycles. The van der Waals surface area contributed by atoms with E-state index in [2.05, 4.69) is 45.4 Å². The van der Waals surface area contributed by atoms with Crippen molar-refractivity contribution in [2.24, 2.45) is 0 Å². The molecular weight excluding hydrogens is 226 g/mol. The average molecular weight is 247 g/mol. The molecule has 0 spiro atoms. The van der Waals surface area contributed by atoms with Crippen LogP contribution in [0.2, 0.25) is 0 Å². The fraction of sp³-hybridized carbons (Fsp3) is 0.692. The summed E-state index contributed by atoms with van der Waals surface area (Å²) in [6, 6.07) is 2.76. The predicted molar refractivity (Wildman–Crippen MR) is 71.7 cm³/mol. The minimum Gasteiger partial charge on any atom is -0.352 e. The molecule has 0 saturated carbocycles. The number of fused-ring (bicyclic) bond motifs is 1. The van der Waals surface area contributed by atoms with E-state index in [-0.39, 0.29) is 0 Å². The highest BCUT2D eigenvalue weighted by Gasteiger charge is 2.20. The van der Waals surface area contributed by atoms with Gasteiger partial charge in [-0.05, 0) is 25.6 Å². The Kier molecular flexibility index (Phi) is 3.18. The first-order valence-electron chi connectivity index (χ1n) is 6.75. The van der Waals surface area contributed by atoms with Crippen LogP contribution >= 0.6 is 0 Å². The Hall–Kier alpha value is -1.20. The third kappa shape index (κ3) is 2.33. The maximum absolute atomic E-state index is 4.42. The van der Waals surface area contributed by atoms with Gasteiger partial charge in [0.25, 0.3) is 0 Å². The fourth-order valence-corrected chi connectivity index (χ4v) is 2.75. The van der Waals surface area contributed by atoms with Crippen molar-refractivity contribution in [2.75, 3.05) is 38.1 Å². The molecule has 1 atom stereocenters. The van der Waals surface area contributed by atoms with Gasteiger partial charge in [0.2, 0.25) is 0 Å². The van der Waals surface area contributed by atoms with Gasteiger partial charge in [-0.25, -0.2) is 0 Å². The van der Waals surface area contributed by atoms with E-state index in [1.807, 2.05) is 0 Å². The number of likely N-dealkylation sites (N-methyl/N-ethyl adjacent to an activating group) is 1. The van der Waals surface area contributed by atoms with E-state index >= 15 is 0 Å². The number of anilines is 1. The molecule has 1 saturated heterocycles. The Morgan fingerprint density at radius 2 is 2.22 bits per heavy atom. The van der Waals surface area contributed by atoms with E-state index in [9.17, 15) is 0 Å². The third-order valence-electron chi connectivity index (χ3n) is 3.81. The van der Waals surface area contributed by atoms with E-state index in [0.29, 0.717) is 6.04 Å². The Bertz CT molecular complexity index is 433. The predicted octanol–water partition coefficient (Wildman–Crippen LogP) is 0.263. The molecule has 2 aliphatic rings. The summed E-state index contributed by atoms with van der Waals surface area (Å²) in [5.41, 5.74) is 2.53. The summed E-state index contributed by atoms with van der Waals surface area (Å²) in [5.74, 6) is 1.04. The summed E-state index contributed by atoms with van der Waals surface area (Å²) in [5, 5.41) is 12.3. The Balaban J connectivity index is 1.82. The van der Waals surface area contributed by atoms with Gasteiger partial charge in [-0.15, -0.1) is 5.10 Å². The van der Waals surface area contributed by atoms with E-state index in [1.165, 1.54) is 11.3 Å². The maximum atomic E-state index is 4.42. The molecule has 98 valence electrons. The first-order valence-corrected chi connectivity index (χ1v) is 6.75. The Labute approximate surface area is 108 Å². The maximum Gasteiger partial charge on any atom is 0.151 e. The molecule has 1 N–H and O–H groups in total. The van der Waals surface area contributed by atoms with Crippen molar-refractivity contribution in [1.29, 1.82) is 0 Å². The second-order valence-corrected chi connectivity index (χ2v) is 5.46. The number of hydrogen-bond acceptors (Lipinski definition) is 5. The molecule has 1 unspecified atom stereocenters. The zero-order chi connectivity index (χ0) is 12.5. The van der Waals surface area contributed by atoms with Crippen molar-refractivity contribution in [3.8, 4) is 0 Å². The smallest absolute Gasteiger partial charge is 0.151 e. The van der Waals surface area contributed by atoms with Gasteiger partial charge in [-0.1, -0.05) is 0 Å². The van der Waals surface area contributed by atoms with Crippen LogP contribution in [0.15, 0.2) is 6.07 Å². The van der Waals surface area contributed by atoms with Gasteiger partial charge in [-0.3, -0.25) is 0 Å². The van der Waals surface area contributed by atoms with Crippen LogP contribution in [-0.4, -0.2) is 54.4 Å². The Morgan fingerprint density at radius 1 is 1.33 bits per heavy atom. The number of nitrogens with zero attached hydrogens (tertiary/aromatic N) is 4. The van der Waals surface area contributed by atoms with Crippen molar-refractivity contribution < 1.29 is 0 Å². The molecule has 18 heavy (non-hydrogen) atoms. The minimum atomic E-state index is 0.527. The van der Waals surface area contributed by atoms with Gasteiger partial charge in [-0.2, -0.15) is 5.10 Å². The molecule has 3 rings (SSSR count). The first-order chi connectivity index (χ1) is 8.72. The van der Waals surface area contributed by atoms with Crippen LogP contribution in [0.25, 0.3) is 0 Å². The van der Waals surface area contributed by atoms with E-state index < -0.39 is 0 Å². The average Bonchev–Trinajstić information content (AvgIpc) is 2.38. The number of piperazine rings is 1. The zero-order valence-electron chi connectivity index (χ0n) is 11.2. The van der Waals surface area contributed by atoms with Crippen LogP contribution in [-0.2, 0) is 13.0 Å². The first kappa shape index (κ1) is 11.9. The van der Waals surface area contributed by atoms with Crippen LogP contribution in [0.4, 0.5) is 5.82 Å². The number of rotatable bonds is 1.